The van der Waals surface area contributed by atoms with Crippen LogP contribution in [0.25, 0.3) is 0 Å². The number of para-hydroxylation sites is 1. The number of hydrogen-bond donors (Lipinski definition) is 5. The minimum absolute atomic E-state index is 0.0366. The molecule has 6 unspecified atom stereocenters. The fourth-order valence-corrected chi connectivity index (χ4v) is 7.19. The van der Waals surface area contributed by atoms with Crippen molar-refractivity contribution in [3.8, 4) is 0 Å². The van der Waals surface area contributed by atoms with Crippen molar-refractivity contribution >= 4 is 36.9 Å². The Bertz CT molecular complexity index is 731. The average Bonchev–Trinajstić information content (AvgIpc) is 3.29. The van der Waals surface area contributed by atoms with Crippen LogP contribution >= 0.6 is 25.3 Å². The summed E-state index contributed by atoms with van der Waals surface area (Å²) in [4.78, 5) is 11.6. The second-order valence-corrected chi connectivity index (χ2v) is 10.5. The maximum Gasteiger partial charge on any atom is 0.337 e. The molecule has 1 aromatic rings. The number of carboxylic acid groups (broad SMARTS) is 1. The van der Waals surface area contributed by atoms with Gasteiger partial charge in [-0.1, -0.05) is 44.2 Å². The van der Waals surface area contributed by atoms with Crippen molar-refractivity contribution in [1.82, 2.24) is 5.32 Å². The van der Waals surface area contributed by atoms with Crippen molar-refractivity contribution in [3.05, 3.63) is 29.8 Å². The van der Waals surface area contributed by atoms with Gasteiger partial charge in [-0.15, -0.1) is 0 Å². The minimum atomic E-state index is -0.906. The molecule has 3 aliphatic rings. The number of carboxylic acids is 1. The molecule has 6 atom stereocenters. The molecule has 1 heterocycles. The third-order valence-corrected chi connectivity index (χ3v) is 8.48. The zero-order valence-electron chi connectivity index (χ0n) is 17.0. The second kappa shape index (κ2) is 9.11. The summed E-state index contributed by atoms with van der Waals surface area (Å²) < 4.78 is 0. The molecule has 4 rings (SSSR count). The van der Waals surface area contributed by atoms with Gasteiger partial charge >= 0.3 is 5.97 Å². The van der Waals surface area contributed by atoms with Crippen LogP contribution in [0, 0.1) is 17.3 Å². The average molecular weight is 435 g/mol. The Balaban J connectivity index is 1.52. The van der Waals surface area contributed by atoms with Crippen LogP contribution in [0.2, 0.25) is 0 Å². The molecule has 0 radical (unpaired) electrons. The second-order valence-electron chi connectivity index (χ2n) is 9.24. The molecule has 6 heteroatoms. The van der Waals surface area contributed by atoms with Crippen LogP contribution in [0.1, 0.15) is 74.6 Å². The van der Waals surface area contributed by atoms with E-state index < -0.39 is 5.97 Å². The molecule has 29 heavy (non-hydrogen) atoms. The summed E-state index contributed by atoms with van der Waals surface area (Å²) in [6.45, 7) is 0. The monoisotopic (exact) mass is 434 g/mol. The van der Waals surface area contributed by atoms with E-state index in [2.05, 4.69) is 10.6 Å². The van der Waals surface area contributed by atoms with Crippen molar-refractivity contribution < 1.29 is 9.90 Å². The zero-order valence-corrected chi connectivity index (χ0v) is 18.8. The van der Waals surface area contributed by atoms with Crippen LogP contribution in [0.4, 0.5) is 5.69 Å². The molecule has 2 saturated carbocycles. The molecule has 1 spiro atoms. The van der Waals surface area contributed by atoms with Crippen LogP contribution in [0.3, 0.4) is 0 Å². The number of carbonyl (C=O) groups is 1. The van der Waals surface area contributed by atoms with E-state index in [4.69, 9.17) is 25.3 Å². The number of anilines is 1. The van der Waals surface area contributed by atoms with E-state index in [9.17, 15) is 9.90 Å². The standard InChI is InChI=1S/C23H34N2O2S2/c26-22(27)15-8-5-6-10-17(15)24-19-14-18(28)21-16-9-4-2-1-3-7-12-23(16,21)13-11-20(29)25-19/h5-6,8,10,16,18-21,24-25,28-29H,1-4,7,9,11-14H2,(H,26,27). The lowest BCUT2D eigenvalue weighted by atomic mass is 9.88. The summed E-state index contributed by atoms with van der Waals surface area (Å²) in [5, 5.41) is 17.0. The highest BCUT2D eigenvalue weighted by molar-refractivity contribution is 7.81. The molecule has 1 aliphatic heterocycles. The molecular weight excluding hydrogens is 400 g/mol. The van der Waals surface area contributed by atoms with E-state index in [0.29, 0.717) is 27.8 Å². The zero-order chi connectivity index (χ0) is 20.4. The van der Waals surface area contributed by atoms with Gasteiger partial charge in [0.15, 0.2) is 0 Å². The Morgan fingerprint density at radius 2 is 1.83 bits per heavy atom. The smallest absolute Gasteiger partial charge is 0.337 e. The van der Waals surface area contributed by atoms with Crippen LogP contribution in [0.5, 0.6) is 0 Å². The van der Waals surface area contributed by atoms with Gasteiger partial charge in [-0.25, -0.2) is 4.79 Å². The number of rotatable bonds is 3. The van der Waals surface area contributed by atoms with Gasteiger partial charge in [0.05, 0.1) is 17.1 Å². The first kappa shape index (κ1) is 21.4. The molecule has 0 aromatic heterocycles. The van der Waals surface area contributed by atoms with Crippen molar-refractivity contribution in [1.29, 1.82) is 0 Å². The normalized spacial score (nSPS) is 37.9. The maximum atomic E-state index is 11.6. The molecule has 2 aliphatic carbocycles. The van der Waals surface area contributed by atoms with Crippen LogP contribution in [0.15, 0.2) is 24.3 Å². The lowest BCUT2D eigenvalue weighted by molar-refractivity contribution is 0.0698. The van der Waals surface area contributed by atoms with Crippen molar-refractivity contribution in [2.45, 2.75) is 81.0 Å². The van der Waals surface area contributed by atoms with Gasteiger partial charge in [0.25, 0.3) is 0 Å². The SMILES string of the molecule is O=C(O)c1ccccc1NC1CC(S)C2C3CCCCCCCC32CCC(S)N1. The minimum Gasteiger partial charge on any atom is -0.478 e. The Labute approximate surface area is 185 Å². The Morgan fingerprint density at radius 1 is 1.07 bits per heavy atom. The van der Waals surface area contributed by atoms with E-state index >= 15 is 0 Å². The number of fused-ring (bicyclic) bond motifs is 1. The van der Waals surface area contributed by atoms with Crippen molar-refractivity contribution in [3.63, 3.8) is 0 Å². The largest absolute Gasteiger partial charge is 0.478 e. The summed E-state index contributed by atoms with van der Waals surface area (Å²) in [6, 6.07) is 7.13. The number of hydrogen-bond acceptors (Lipinski definition) is 5. The highest BCUT2D eigenvalue weighted by atomic mass is 32.1. The Hall–Kier alpha value is -0.850. The molecule has 4 nitrogen and oxygen atoms in total. The molecule has 1 aromatic carbocycles. The van der Waals surface area contributed by atoms with Gasteiger partial charge in [-0.3, -0.25) is 5.32 Å². The fraction of sp³-hybridized carbons (Fsp3) is 0.696. The number of benzene rings is 1. The Kier molecular flexibility index (Phi) is 6.72. The molecular formula is C23H34N2O2S2. The summed E-state index contributed by atoms with van der Waals surface area (Å²) >= 11 is 9.95. The van der Waals surface area contributed by atoms with Gasteiger partial charge in [-0.2, -0.15) is 25.3 Å². The summed E-state index contributed by atoms with van der Waals surface area (Å²) in [5.41, 5.74) is 1.43. The van der Waals surface area contributed by atoms with Crippen LogP contribution in [-0.2, 0) is 0 Å². The van der Waals surface area contributed by atoms with E-state index in [1.807, 2.05) is 12.1 Å². The van der Waals surface area contributed by atoms with Gasteiger partial charge in [0, 0.05) is 10.9 Å². The molecule has 1 saturated heterocycles. The highest BCUT2D eigenvalue weighted by Gasteiger charge is 2.64. The van der Waals surface area contributed by atoms with Crippen LogP contribution < -0.4 is 10.6 Å². The fourth-order valence-electron chi connectivity index (χ4n) is 6.17. The summed E-state index contributed by atoms with van der Waals surface area (Å²) in [5.74, 6) is 0.591. The third kappa shape index (κ3) is 4.59. The predicted octanol–water partition coefficient (Wildman–Crippen LogP) is 5.43. The maximum absolute atomic E-state index is 11.6. The molecule has 0 bridgehead atoms. The molecule has 0 amide bonds. The molecule has 160 valence electrons. The molecule has 3 N–H and O–H groups in total. The lowest BCUT2D eigenvalue weighted by Crippen LogP contribution is -2.42. The highest BCUT2D eigenvalue weighted by Crippen LogP contribution is 2.69. The van der Waals surface area contributed by atoms with Crippen molar-refractivity contribution in [2.75, 3.05) is 5.32 Å². The van der Waals surface area contributed by atoms with E-state index in [1.165, 1.54) is 51.4 Å². The van der Waals surface area contributed by atoms with Crippen molar-refractivity contribution in [2.24, 2.45) is 17.3 Å². The van der Waals surface area contributed by atoms with Crippen LogP contribution in [-0.4, -0.2) is 27.9 Å². The third-order valence-electron chi connectivity index (χ3n) is 7.54. The Morgan fingerprint density at radius 3 is 2.66 bits per heavy atom. The first-order valence-corrected chi connectivity index (χ1v) is 12.3. The first-order chi connectivity index (χ1) is 14.0. The van der Waals surface area contributed by atoms with Gasteiger partial charge in [0.1, 0.15) is 0 Å². The summed E-state index contributed by atoms with van der Waals surface area (Å²) in [7, 11) is 0. The lowest BCUT2D eigenvalue weighted by Gasteiger charge is -2.27. The number of aromatic carboxylic acids is 1. The van der Waals surface area contributed by atoms with Gasteiger partial charge in [-0.05, 0) is 61.5 Å². The van der Waals surface area contributed by atoms with Gasteiger partial charge < -0.3 is 10.4 Å². The number of nitrogens with one attached hydrogen (secondary N) is 2. The van der Waals surface area contributed by atoms with Gasteiger partial charge in [0.2, 0.25) is 0 Å². The number of thiol groups is 2. The van der Waals surface area contributed by atoms with E-state index in [1.54, 1.807) is 12.1 Å². The molecule has 3 fully saturated rings. The first-order valence-electron chi connectivity index (χ1n) is 11.2. The summed E-state index contributed by atoms with van der Waals surface area (Å²) in [6.07, 6.45) is 12.7. The predicted molar refractivity (Wildman–Crippen MR) is 125 cm³/mol. The quantitative estimate of drug-likeness (QED) is 0.412. The van der Waals surface area contributed by atoms with E-state index in [0.717, 1.165) is 18.8 Å². The topological polar surface area (TPSA) is 61.4 Å². The van der Waals surface area contributed by atoms with E-state index in [-0.39, 0.29) is 11.5 Å².